The van der Waals surface area contributed by atoms with Crippen LogP contribution in [0.3, 0.4) is 0 Å². The monoisotopic (exact) mass is 198 g/mol. The van der Waals surface area contributed by atoms with Crippen LogP contribution in [0.15, 0.2) is 25.3 Å². The van der Waals surface area contributed by atoms with Crippen molar-refractivity contribution in [3.8, 4) is 0 Å². The van der Waals surface area contributed by atoms with Crippen molar-refractivity contribution in [3.05, 3.63) is 25.3 Å². The molecule has 0 aromatic carbocycles. The molecular weight excluding hydrogens is 180 g/mol. The van der Waals surface area contributed by atoms with Gasteiger partial charge in [0.15, 0.2) is 0 Å². The molecule has 0 spiro atoms. The zero-order valence-electron chi connectivity index (χ0n) is 8.13. The molecule has 1 aliphatic rings. The van der Waals surface area contributed by atoms with E-state index in [0.717, 1.165) is 18.7 Å². The first-order valence-electron chi connectivity index (χ1n) is 4.83. The van der Waals surface area contributed by atoms with Gasteiger partial charge in [0.25, 0.3) is 0 Å². The fourth-order valence-corrected chi connectivity index (χ4v) is 4.57. The van der Waals surface area contributed by atoms with Crippen molar-refractivity contribution in [1.29, 1.82) is 0 Å². The van der Waals surface area contributed by atoms with Crippen LogP contribution < -0.4 is 0 Å². The third-order valence-electron chi connectivity index (χ3n) is 2.24. The standard InChI is InChI=1S/C10H18O2Si/c1-3-7-11-13(9-4-2)10-6-5-8-12-13/h3-4H,1-2,5-10H2. The third-order valence-corrected chi connectivity index (χ3v) is 5.69. The van der Waals surface area contributed by atoms with Gasteiger partial charge in [0.05, 0.1) is 6.61 Å². The lowest BCUT2D eigenvalue weighted by molar-refractivity contribution is 0.164. The zero-order chi connectivity index (χ0) is 9.57. The highest BCUT2D eigenvalue weighted by Crippen LogP contribution is 2.26. The first kappa shape index (κ1) is 10.7. The van der Waals surface area contributed by atoms with E-state index in [0.29, 0.717) is 6.61 Å². The SMILES string of the molecule is C=CCO[Si]1(CC=C)CCCCO1. The second kappa shape index (κ2) is 5.37. The summed E-state index contributed by atoms with van der Waals surface area (Å²) in [6.45, 7) is 8.88. The molecule has 1 rings (SSSR count). The Kier molecular flexibility index (Phi) is 4.42. The summed E-state index contributed by atoms with van der Waals surface area (Å²) in [5, 5.41) is 0. The largest absolute Gasteiger partial charge is 0.394 e. The normalized spacial score (nSPS) is 28.3. The molecule has 3 heteroatoms. The van der Waals surface area contributed by atoms with E-state index in [1.807, 2.05) is 6.08 Å². The maximum Gasteiger partial charge on any atom is 0.342 e. The molecule has 0 aromatic rings. The van der Waals surface area contributed by atoms with Gasteiger partial charge in [-0.3, -0.25) is 0 Å². The van der Waals surface area contributed by atoms with E-state index >= 15 is 0 Å². The van der Waals surface area contributed by atoms with Gasteiger partial charge in [-0.15, -0.1) is 13.2 Å². The van der Waals surface area contributed by atoms with Crippen molar-refractivity contribution in [1.82, 2.24) is 0 Å². The zero-order valence-corrected chi connectivity index (χ0v) is 9.13. The first-order valence-corrected chi connectivity index (χ1v) is 7.06. The molecule has 0 aliphatic carbocycles. The Balaban J connectivity index is 2.49. The summed E-state index contributed by atoms with van der Waals surface area (Å²) in [6, 6.07) is 2.01. The molecule has 0 N–H and O–H groups in total. The molecule has 0 saturated carbocycles. The smallest absolute Gasteiger partial charge is 0.342 e. The first-order chi connectivity index (χ1) is 6.33. The Hall–Kier alpha value is -0.383. The molecule has 74 valence electrons. The van der Waals surface area contributed by atoms with E-state index in [4.69, 9.17) is 8.85 Å². The van der Waals surface area contributed by atoms with Gasteiger partial charge in [-0.05, 0) is 18.9 Å². The van der Waals surface area contributed by atoms with Crippen LogP contribution in [0.25, 0.3) is 0 Å². The Morgan fingerprint density at radius 2 is 2.15 bits per heavy atom. The summed E-state index contributed by atoms with van der Waals surface area (Å²) in [7, 11) is -1.89. The van der Waals surface area contributed by atoms with Gasteiger partial charge in [0, 0.05) is 12.7 Å². The van der Waals surface area contributed by atoms with Gasteiger partial charge in [0.1, 0.15) is 0 Å². The average Bonchev–Trinajstić information content (AvgIpc) is 2.17. The van der Waals surface area contributed by atoms with Crippen molar-refractivity contribution < 1.29 is 8.85 Å². The molecule has 2 nitrogen and oxygen atoms in total. The molecule has 1 unspecified atom stereocenters. The number of hydrogen-bond acceptors (Lipinski definition) is 2. The molecule has 1 atom stereocenters. The lowest BCUT2D eigenvalue weighted by Gasteiger charge is -2.32. The minimum absolute atomic E-state index is 0.611. The lowest BCUT2D eigenvalue weighted by Crippen LogP contribution is -2.44. The molecule has 1 heterocycles. The van der Waals surface area contributed by atoms with Crippen molar-refractivity contribution >= 4 is 8.56 Å². The Labute approximate surface area is 81.5 Å². The highest BCUT2D eigenvalue weighted by molar-refractivity contribution is 6.68. The Bertz CT molecular complexity index is 174. The second-order valence-electron chi connectivity index (χ2n) is 3.31. The van der Waals surface area contributed by atoms with Gasteiger partial charge in [-0.1, -0.05) is 12.2 Å². The van der Waals surface area contributed by atoms with E-state index < -0.39 is 8.56 Å². The fourth-order valence-electron chi connectivity index (χ4n) is 1.59. The molecule has 0 aromatic heterocycles. The van der Waals surface area contributed by atoms with Crippen LogP contribution in [0.1, 0.15) is 12.8 Å². The predicted molar refractivity (Wildman–Crippen MR) is 56.9 cm³/mol. The second-order valence-corrected chi connectivity index (χ2v) is 6.62. The van der Waals surface area contributed by atoms with Crippen LogP contribution in [0.5, 0.6) is 0 Å². The van der Waals surface area contributed by atoms with Crippen LogP contribution >= 0.6 is 0 Å². The van der Waals surface area contributed by atoms with Gasteiger partial charge in [-0.25, -0.2) is 0 Å². The number of allylic oxidation sites excluding steroid dienone is 1. The Morgan fingerprint density at radius 3 is 2.69 bits per heavy atom. The summed E-state index contributed by atoms with van der Waals surface area (Å²) in [5.41, 5.74) is 0. The minimum Gasteiger partial charge on any atom is -0.394 e. The van der Waals surface area contributed by atoms with Crippen LogP contribution in [0, 0.1) is 0 Å². The van der Waals surface area contributed by atoms with E-state index in [1.165, 1.54) is 12.8 Å². The number of hydrogen-bond donors (Lipinski definition) is 0. The summed E-state index contributed by atoms with van der Waals surface area (Å²) < 4.78 is 11.6. The highest BCUT2D eigenvalue weighted by atomic mass is 28.4. The average molecular weight is 198 g/mol. The van der Waals surface area contributed by atoms with E-state index in [9.17, 15) is 0 Å². The summed E-state index contributed by atoms with van der Waals surface area (Å²) >= 11 is 0. The molecule has 0 radical (unpaired) electrons. The topological polar surface area (TPSA) is 18.5 Å². The van der Waals surface area contributed by atoms with Crippen molar-refractivity contribution in [2.45, 2.75) is 24.9 Å². The van der Waals surface area contributed by atoms with E-state index in [1.54, 1.807) is 6.08 Å². The quantitative estimate of drug-likeness (QED) is 0.499. The molecule has 1 fully saturated rings. The van der Waals surface area contributed by atoms with E-state index in [-0.39, 0.29) is 0 Å². The van der Waals surface area contributed by atoms with Gasteiger partial charge in [0.2, 0.25) is 0 Å². The molecular formula is C10H18O2Si. The van der Waals surface area contributed by atoms with Crippen molar-refractivity contribution in [2.24, 2.45) is 0 Å². The van der Waals surface area contributed by atoms with Crippen LogP contribution in [-0.4, -0.2) is 21.8 Å². The molecule has 0 bridgehead atoms. The van der Waals surface area contributed by atoms with Crippen molar-refractivity contribution in [2.75, 3.05) is 13.2 Å². The Morgan fingerprint density at radius 1 is 1.31 bits per heavy atom. The van der Waals surface area contributed by atoms with Gasteiger partial charge >= 0.3 is 8.56 Å². The summed E-state index contributed by atoms with van der Waals surface area (Å²) in [4.78, 5) is 0. The summed E-state index contributed by atoms with van der Waals surface area (Å²) in [6.07, 6.45) is 6.11. The maximum atomic E-state index is 5.81. The molecule has 1 saturated heterocycles. The van der Waals surface area contributed by atoms with Gasteiger partial charge in [-0.2, -0.15) is 0 Å². The predicted octanol–water partition coefficient (Wildman–Crippen LogP) is 2.63. The fraction of sp³-hybridized carbons (Fsp3) is 0.600. The highest BCUT2D eigenvalue weighted by Gasteiger charge is 2.37. The molecule has 13 heavy (non-hydrogen) atoms. The number of rotatable bonds is 5. The lowest BCUT2D eigenvalue weighted by atomic mass is 10.4. The maximum absolute atomic E-state index is 5.81. The van der Waals surface area contributed by atoms with E-state index in [2.05, 4.69) is 13.2 Å². The van der Waals surface area contributed by atoms with Crippen LogP contribution in [0.2, 0.25) is 12.1 Å². The van der Waals surface area contributed by atoms with Crippen molar-refractivity contribution in [3.63, 3.8) is 0 Å². The van der Waals surface area contributed by atoms with Crippen LogP contribution in [0.4, 0.5) is 0 Å². The molecule has 0 amide bonds. The summed E-state index contributed by atoms with van der Waals surface area (Å²) in [5.74, 6) is 0. The third kappa shape index (κ3) is 3.10. The minimum atomic E-state index is -1.89. The van der Waals surface area contributed by atoms with Crippen LogP contribution in [-0.2, 0) is 8.85 Å². The van der Waals surface area contributed by atoms with Gasteiger partial charge < -0.3 is 8.85 Å². The molecule has 1 aliphatic heterocycles.